The van der Waals surface area contributed by atoms with E-state index in [2.05, 4.69) is 0 Å². The first-order chi connectivity index (χ1) is 10.0. The molecule has 3 N–H and O–H groups in total. The van der Waals surface area contributed by atoms with Crippen molar-refractivity contribution in [2.45, 2.75) is 32.1 Å². The molecule has 0 aromatic heterocycles. The number of nitrogens with two attached hydrogens (primary N) is 1. The second-order valence-electron chi connectivity index (χ2n) is 5.67. The maximum Gasteiger partial charge on any atom is 0.303 e. The van der Waals surface area contributed by atoms with Crippen LogP contribution in [0.5, 0.6) is 0 Å². The van der Waals surface area contributed by atoms with E-state index in [4.69, 9.17) is 10.8 Å². The molecule has 0 saturated carbocycles. The number of hydrogen-bond acceptors (Lipinski definition) is 3. The molecule has 0 aliphatic carbocycles. The van der Waals surface area contributed by atoms with Gasteiger partial charge in [0, 0.05) is 31.6 Å². The number of amides is 1. The maximum absolute atomic E-state index is 12.2. The van der Waals surface area contributed by atoms with E-state index in [1.807, 2.05) is 29.2 Å². The van der Waals surface area contributed by atoms with Gasteiger partial charge in [0.05, 0.1) is 0 Å². The standard InChI is InChI=1S/C16H22N2O3/c17-14-5-1-12(2-6-14)3-7-15(19)18-10-9-13(11-18)4-8-16(20)21/h1-2,5-6,13H,3-4,7-11,17H2,(H,20,21). The monoisotopic (exact) mass is 290 g/mol. The summed E-state index contributed by atoms with van der Waals surface area (Å²) in [4.78, 5) is 24.6. The van der Waals surface area contributed by atoms with Gasteiger partial charge in [-0.25, -0.2) is 0 Å². The van der Waals surface area contributed by atoms with E-state index in [1.165, 1.54) is 0 Å². The fourth-order valence-electron chi connectivity index (χ4n) is 2.72. The summed E-state index contributed by atoms with van der Waals surface area (Å²) in [7, 11) is 0. The van der Waals surface area contributed by atoms with Crippen molar-refractivity contribution in [1.29, 1.82) is 0 Å². The molecule has 1 fully saturated rings. The molecule has 0 radical (unpaired) electrons. The Morgan fingerprint density at radius 1 is 1.24 bits per heavy atom. The van der Waals surface area contributed by atoms with Gasteiger partial charge in [-0.2, -0.15) is 0 Å². The van der Waals surface area contributed by atoms with Crippen molar-refractivity contribution in [2.75, 3.05) is 18.8 Å². The first-order valence-electron chi connectivity index (χ1n) is 7.38. The molecular formula is C16H22N2O3. The fourth-order valence-corrected chi connectivity index (χ4v) is 2.72. The SMILES string of the molecule is Nc1ccc(CCC(=O)N2CCC(CCC(=O)O)C2)cc1. The second kappa shape index (κ2) is 7.11. The molecule has 1 aliphatic rings. The quantitative estimate of drug-likeness (QED) is 0.784. The highest BCUT2D eigenvalue weighted by Crippen LogP contribution is 2.22. The predicted octanol–water partition coefficient (Wildman–Crippen LogP) is 1.91. The zero-order chi connectivity index (χ0) is 15.2. The van der Waals surface area contributed by atoms with Gasteiger partial charge >= 0.3 is 5.97 Å². The van der Waals surface area contributed by atoms with E-state index in [0.29, 0.717) is 25.3 Å². The average molecular weight is 290 g/mol. The van der Waals surface area contributed by atoms with Crippen LogP contribution in [-0.2, 0) is 16.0 Å². The van der Waals surface area contributed by atoms with Crippen LogP contribution in [0.1, 0.15) is 31.2 Å². The van der Waals surface area contributed by atoms with Crippen LogP contribution in [0.3, 0.4) is 0 Å². The molecule has 5 nitrogen and oxygen atoms in total. The second-order valence-corrected chi connectivity index (χ2v) is 5.67. The highest BCUT2D eigenvalue weighted by atomic mass is 16.4. The first kappa shape index (κ1) is 15.4. The number of anilines is 1. The summed E-state index contributed by atoms with van der Waals surface area (Å²) in [5.74, 6) is -0.269. The third kappa shape index (κ3) is 4.77. The number of aryl methyl sites for hydroxylation is 1. The zero-order valence-corrected chi connectivity index (χ0v) is 12.1. The van der Waals surface area contributed by atoms with Crippen molar-refractivity contribution in [3.63, 3.8) is 0 Å². The third-order valence-corrected chi connectivity index (χ3v) is 4.01. The van der Waals surface area contributed by atoms with Gasteiger partial charge < -0.3 is 15.7 Å². The number of likely N-dealkylation sites (tertiary alicyclic amines) is 1. The molecule has 1 saturated heterocycles. The van der Waals surface area contributed by atoms with Crippen LogP contribution in [0.25, 0.3) is 0 Å². The third-order valence-electron chi connectivity index (χ3n) is 4.01. The van der Waals surface area contributed by atoms with E-state index in [1.54, 1.807) is 0 Å². The Balaban J connectivity index is 1.74. The number of rotatable bonds is 6. The lowest BCUT2D eigenvalue weighted by molar-refractivity contribution is -0.137. The topological polar surface area (TPSA) is 83.6 Å². The van der Waals surface area contributed by atoms with E-state index >= 15 is 0 Å². The smallest absolute Gasteiger partial charge is 0.303 e. The normalized spacial score (nSPS) is 17.9. The van der Waals surface area contributed by atoms with Crippen molar-refractivity contribution in [1.82, 2.24) is 4.90 Å². The Kier molecular flexibility index (Phi) is 5.20. The summed E-state index contributed by atoms with van der Waals surface area (Å²) >= 11 is 0. The van der Waals surface area contributed by atoms with E-state index < -0.39 is 5.97 Å². The maximum atomic E-state index is 12.2. The van der Waals surface area contributed by atoms with Crippen molar-refractivity contribution in [2.24, 2.45) is 5.92 Å². The van der Waals surface area contributed by atoms with Crippen LogP contribution < -0.4 is 5.73 Å². The summed E-state index contributed by atoms with van der Waals surface area (Å²) in [6.45, 7) is 1.46. The molecule has 5 heteroatoms. The molecule has 21 heavy (non-hydrogen) atoms. The predicted molar refractivity (Wildman–Crippen MR) is 80.7 cm³/mol. The highest BCUT2D eigenvalue weighted by molar-refractivity contribution is 5.76. The van der Waals surface area contributed by atoms with E-state index in [9.17, 15) is 9.59 Å². The van der Waals surface area contributed by atoms with Crippen LogP contribution in [0, 0.1) is 5.92 Å². The van der Waals surface area contributed by atoms with Crippen LogP contribution in [-0.4, -0.2) is 35.0 Å². The van der Waals surface area contributed by atoms with Gasteiger partial charge in [0.25, 0.3) is 0 Å². The van der Waals surface area contributed by atoms with E-state index in [0.717, 1.165) is 30.6 Å². The highest BCUT2D eigenvalue weighted by Gasteiger charge is 2.26. The molecule has 114 valence electrons. The lowest BCUT2D eigenvalue weighted by Crippen LogP contribution is -2.28. The number of benzene rings is 1. The van der Waals surface area contributed by atoms with Crippen LogP contribution >= 0.6 is 0 Å². The van der Waals surface area contributed by atoms with Gasteiger partial charge in [-0.15, -0.1) is 0 Å². The number of aliphatic carboxylic acids is 1. The Hall–Kier alpha value is -2.04. The lowest BCUT2D eigenvalue weighted by atomic mass is 10.0. The Bertz CT molecular complexity index is 499. The number of nitrogen functional groups attached to an aromatic ring is 1. The van der Waals surface area contributed by atoms with Crippen LogP contribution in [0.15, 0.2) is 24.3 Å². The number of nitrogens with zero attached hydrogens (tertiary/aromatic N) is 1. The largest absolute Gasteiger partial charge is 0.481 e. The molecule has 1 aliphatic heterocycles. The number of carbonyl (C=O) groups is 2. The van der Waals surface area contributed by atoms with Crippen LogP contribution in [0.2, 0.25) is 0 Å². The Morgan fingerprint density at radius 2 is 1.95 bits per heavy atom. The fraction of sp³-hybridized carbons (Fsp3) is 0.500. The lowest BCUT2D eigenvalue weighted by Gasteiger charge is -2.16. The van der Waals surface area contributed by atoms with Gasteiger partial charge in [-0.1, -0.05) is 12.1 Å². The number of carboxylic acid groups (broad SMARTS) is 1. The van der Waals surface area contributed by atoms with E-state index in [-0.39, 0.29) is 12.3 Å². The summed E-state index contributed by atoms with van der Waals surface area (Å²) in [5, 5.41) is 8.69. The molecule has 2 rings (SSSR count). The van der Waals surface area contributed by atoms with Gasteiger partial charge in [-0.3, -0.25) is 9.59 Å². The molecule has 1 unspecified atom stereocenters. The minimum Gasteiger partial charge on any atom is -0.481 e. The van der Waals surface area contributed by atoms with Crippen molar-refractivity contribution in [3.8, 4) is 0 Å². The molecule has 1 heterocycles. The summed E-state index contributed by atoms with van der Waals surface area (Å²) in [5.41, 5.74) is 7.47. The number of carbonyl (C=O) groups excluding carboxylic acids is 1. The summed E-state index contributed by atoms with van der Waals surface area (Å²) in [6, 6.07) is 7.58. The Morgan fingerprint density at radius 3 is 2.62 bits per heavy atom. The molecule has 1 aromatic rings. The number of carboxylic acids is 1. The molecule has 0 spiro atoms. The molecule has 1 aromatic carbocycles. The molecule has 1 amide bonds. The van der Waals surface area contributed by atoms with Crippen LogP contribution in [0.4, 0.5) is 5.69 Å². The van der Waals surface area contributed by atoms with Gasteiger partial charge in [0.2, 0.25) is 5.91 Å². The van der Waals surface area contributed by atoms with Crippen molar-refractivity contribution < 1.29 is 14.7 Å². The van der Waals surface area contributed by atoms with Crippen molar-refractivity contribution >= 4 is 17.6 Å². The minimum absolute atomic E-state index is 0.157. The molecule has 1 atom stereocenters. The number of hydrogen-bond donors (Lipinski definition) is 2. The first-order valence-corrected chi connectivity index (χ1v) is 7.38. The summed E-state index contributed by atoms with van der Waals surface area (Å²) < 4.78 is 0. The molecular weight excluding hydrogens is 268 g/mol. The van der Waals surface area contributed by atoms with Gasteiger partial charge in [0.1, 0.15) is 0 Å². The molecule has 0 bridgehead atoms. The van der Waals surface area contributed by atoms with Gasteiger partial charge in [0.15, 0.2) is 0 Å². The Labute approximate surface area is 124 Å². The zero-order valence-electron chi connectivity index (χ0n) is 12.1. The van der Waals surface area contributed by atoms with Crippen molar-refractivity contribution in [3.05, 3.63) is 29.8 Å². The van der Waals surface area contributed by atoms with Gasteiger partial charge in [-0.05, 0) is 42.9 Å². The average Bonchev–Trinajstić information content (AvgIpc) is 2.93. The summed E-state index contributed by atoms with van der Waals surface area (Å²) in [6.07, 6.45) is 2.99. The minimum atomic E-state index is -0.761.